The molecular weight excluding hydrogens is 293 g/mol. The van der Waals surface area contributed by atoms with Crippen LogP contribution in [0.5, 0.6) is 0 Å². The number of rotatable bonds is 6. The number of aliphatic hydroxyl groups excluding tert-OH is 1. The molecule has 0 amide bonds. The van der Waals surface area contributed by atoms with Crippen molar-refractivity contribution in [2.24, 2.45) is 5.92 Å². The highest BCUT2D eigenvalue weighted by Gasteiger charge is 2.20. The fourth-order valence-electron chi connectivity index (χ4n) is 1.69. The largest absolute Gasteiger partial charge is 0.393 e. The number of hydrogen-bond donors (Lipinski definition) is 2. The van der Waals surface area contributed by atoms with Crippen molar-refractivity contribution < 1.29 is 17.9 Å². The van der Waals surface area contributed by atoms with Crippen LogP contribution in [0.15, 0.2) is 23.1 Å². The zero-order valence-corrected chi connectivity index (χ0v) is 12.3. The maximum Gasteiger partial charge on any atom is 0.243 e. The van der Waals surface area contributed by atoms with Crippen LogP contribution >= 0.6 is 11.6 Å². The van der Waals surface area contributed by atoms with Gasteiger partial charge in [-0.2, -0.15) is 0 Å². The van der Waals surface area contributed by atoms with Gasteiger partial charge in [-0.05, 0) is 37.5 Å². The molecule has 0 aliphatic rings. The third-order valence-electron chi connectivity index (χ3n) is 2.55. The molecule has 2 N–H and O–H groups in total. The van der Waals surface area contributed by atoms with Crippen molar-refractivity contribution in [3.63, 3.8) is 0 Å². The summed E-state index contributed by atoms with van der Waals surface area (Å²) in [7, 11) is -3.90. The highest BCUT2D eigenvalue weighted by atomic mass is 35.5. The van der Waals surface area contributed by atoms with Gasteiger partial charge in [0.2, 0.25) is 10.0 Å². The number of sulfonamides is 1. The van der Waals surface area contributed by atoms with Crippen molar-refractivity contribution in [3.05, 3.63) is 29.0 Å². The van der Waals surface area contributed by atoms with E-state index in [4.69, 9.17) is 11.6 Å². The van der Waals surface area contributed by atoms with Crippen LogP contribution in [0.2, 0.25) is 5.02 Å². The molecule has 2 atom stereocenters. The zero-order chi connectivity index (χ0) is 14.6. The first-order valence-electron chi connectivity index (χ1n) is 5.85. The van der Waals surface area contributed by atoms with E-state index in [1.807, 2.05) is 0 Å². The van der Waals surface area contributed by atoms with Gasteiger partial charge in [-0.3, -0.25) is 0 Å². The number of halogens is 2. The van der Waals surface area contributed by atoms with Gasteiger partial charge >= 0.3 is 0 Å². The van der Waals surface area contributed by atoms with Gasteiger partial charge in [0.15, 0.2) is 0 Å². The van der Waals surface area contributed by atoms with E-state index in [1.165, 1.54) is 6.07 Å². The maximum atomic E-state index is 13.5. The Morgan fingerprint density at radius 3 is 2.58 bits per heavy atom. The molecule has 4 nitrogen and oxygen atoms in total. The molecule has 0 saturated carbocycles. The van der Waals surface area contributed by atoms with Gasteiger partial charge in [-0.15, -0.1) is 0 Å². The molecule has 0 heterocycles. The second-order valence-corrected chi connectivity index (χ2v) is 6.79. The summed E-state index contributed by atoms with van der Waals surface area (Å²) >= 11 is 5.57. The van der Waals surface area contributed by atoms with Gasteiger partial charge in [-0.25, -0.2) is 17.5 Å². The van der Waals surface area contributed by atoms with Gasteiger partial charge in [0, 0.05) is 11.6 Å². The molecule has 0 bridgehead atoms. The van der Waals surface area contributed by atoms with Gasteiger partial charge in [-0.1, -0.05) is 18.5 Å². The molecule has 1 aromatic carbocycles. The fraction of sp³-hybridized carbons (Fsp3) is 0.500. The minimum atomic E-state index is -3.90. The summed E-state index contributed by atoms with van der Waals surface area (Å²) in [4.78, 5) is -0.429. The quantitative estimate of drug-likeness (QED) is 0.846. The Kier molecular flexibility index (Phi) is 5.73. The normalized spacial score (nSPS) is 15.2. The van der Waals surface area contributed by atoms with Gasteiger partial charge in [0.25, 0.3) is 0 Å². The molecule has 1 aromatic rings. The molecule has 7 heteroatoms. The number of aliphatic hydroxyl groups is 1. The molecule has 1 rings (SSSR count). The third-order valence-corrected chi connectivity index (χ3v) is 4.24. The van der Waals surface area contributed by atoms with Crippen molar-refractivity contribution >= 4 is 21.6 Å². The SMILES string of the molecule is CC(O)CC(C)CNS(=O)(=O)c1ccc(Cl)cc1F. The average Bonchev–Trinajstić information content (AvgIpc) is 2.25. The van der Waals surface area contributed by atoms with E-state index in [9.17, 15) is 17.9 Å². The van der Waals surface area contributed by atoms with Crippen LogP contribution in [0.25, 0.3) is 0 Å². The molecular formula is C12H17ClFNO3S. The summed E-state index contributed by atoms with van der Waals surface area (Å²) in [6.07, 6.45) is -0.0437. The van der Waals surface area contributed by atoms with Crippen LogP contribution in [-0.4, -0.2) is 26.2 Å². The summed E-state index contributed by atoms with van der Waals surface area (Å²) in [5, 5.41) is 9.33. The van der Waals surface area contributed by atoms with Crippen LogP contribution < -0.4 is 4.72 Å². The van der Waals surface area contributed by atoms with Crippen molar-refractivity contribution in [1.82, 2.24) is 4.72 Å². The lowest BCUT2D eigenvalue weighted by Gasteiger charge is -2.14. The summed E-state index contributed by atoms with van der Waals surface area (Å²) in [5.41, 5.74) is 0. The van der Waals surface area contributed by atoms with Crippen molar-refractivity contribution in [2.75, 3.05) is 6.54 Å². The molecule has 0 saturated heterocycles. The van der Waals surface area contributed by atoms with E-state index in [1.54, 1.807) is 13.8 Å². The highest BCUT2D eigenvalue weighted by Crippen LogP contribution is 2.19. The van der Waals surface area contributed by atoms with E-state index < -0.39 is 26.8 Å². The Morgan fingerprint density at radius 1 is 1.42 bits per heavy atom. The molecule has 0 aromatic heterocycles. The van der Waals surface area contributed by atoms with Crippen LogP contribution in [-0.2, 0) is 10.0 Å². The standard InChI is InChI=1S/C12H17ClFNO3S/c1-8(5-9(2)16)7-15-19(17,18)12-4-3-10(13)6-11(12)14/h3-4,6,8-9,15-16H,5,7H2,1-2H3. The van der Waals surface area contributed by atoms with E-state index in [0.717, 1.165) is 12.1 Å². The van der Waals surface area contributed by atoms with Gasteiger partial charge in [0.1, 0.15) is 10.7 Å². The lowest BCUT2D eigenvalue weighted by atomic mass is 10.1. The van der Waals surface area contributed by atoms with E-state index in [0.29, 0.717) is 6.42 Å². The van der Waals surface area contributed by atoms with Crippen molar-refractivity contribution in [2.45, 2.75) is 31.3 Å². The molecule has 19 heavy (non-hydrogen) atoms. The predicted octanol–water partition coefficient (Wildman–Crippen LogP) is 2.16. The minimum Gasteiger partial charge on any atom is -0.393 e. The summed E-state index contributed by atoms with van der Waals surface area (Å²) in [6.45, 7) is 3.56. The molecule has 108 valence electrons. The predicted molar refractivity (Wildman–Crippen MR) is 72.1 cm³/mol. The summed E-state index contributed by atoms with van der Waals surface area (Å²) in [5.74, 6) is -0.937. The summed E-state index contributed by atoms with van der Waals surface area (Å²) < 4.78 is 39.7. The fourth-order valence-corrected chi connectivity index (χ4v) is 3.07. The molecule has 0 aliphatic carbocycles. The van der Waals surface area contributed by atoms with Crippen molar-refractivity contribution in [1.29, 1.82) is 0 Å². The number of nitrogens with one attached hydrogen (secondary N) is 1. The van der Waals surface area contributed by atoms with E-state index >= 15 is 0 Å². The second kappa shape index (κ2) is 6.65. The Bertz CT molecular complexity index is 534. The van der Waals surface area contributed by atoms with Crippen molar-refractivity contribution in [3.8, 4) is 0 Å². The second-order valence-electron chi connectivity index (χ2n) is 4.62. The Hall–Kier alpha value is -0.690. The molecule has 0 fully saturated rings. The van der Waals surface area contributed by atoms with Gasteiger partial charge in [0.05, 0.1) is 6.10 Å². The van der Waals surface area contributed by atoms with E-state index in [2.05, 4.69) is 4.72 Å². The first-order valence-corrected chi connectivity index (χ1v) is 7.71. The monoisotopic (exact) mass is 309 g/mol. The van der Waals surface area contributed by atoms with Crippen LogP contribution in [0.3, 0.4) is 0 Å². The smallest absolute Gasteiger partial charge is 0.243 e. The van der Waals surface area contributed by atoms with Gasteiger partial charge < -0.3 is 5.11 Å². The minimum absolute atomic E-state index is 0.0508. The molecule has 0 radical (unpaired) electrons. The molecule has 2 unspecified atom stereocenters. The first-order chi connectivity index (χ1) is 8.72. The molecule has 0 aliphatic heterocycles. The third kappa shape index (κ3) is 5.06. The number of benzene rings is 1. The lowest BCUT2D eigenvalue weighted by Crippen LogP contribution is -2.30. The maximum absolute atomic E-state index is 13.5. The number of hydrogen-bond acceptors (Lipinski definition) is 3. The average molecular weight is 310 g/mol. The Labute approximate surface area is 117 Å². The Morgan fingerprint density at radius 2 is 2.05 bits per heavy atom. The first kappa shape index (κ1) is 16.4. The zero-order valence-electron chi connectivity index (χ0n) is 10.7. The van der Waals surface area contributed by atoms with Crippen LogP contribution in [0.1, 0.15) is 20.3 Å². The molecule has 0 spiro atoms. The summed E-state index contributed by atoms with van der Waals surface area (Å²) in [6, 6.07) is 3.40. The highest BCUT2D eigenvalue weighted by molar-refractivity contribution is 7.89. The topological polar surface area (TPSA) is 66.4 Å². The van der Waals surface area contributed by atoms with Crippen LogP contribution in [0, 0.1) is 11.7 Å². The van der Waals surface area contributed by atoms with Crippen LogP contribution in [0.4, 0.5) is 4.39 Å². The lowest BCUT2D eigenvalue weighted by molar-refractivity contribution is 0.165. The van der Waals surface area contributed by atoms with E-state index in [-0.39, 0.29) is 17.5 Å². The Balaban J connectivity index is 2.76.